The lowest BCUT2D eigenvalue weighted by Crippen LogP contribution is -2.36. The van der Waals surface area contributed by atoms with Gasteiger partial charge in [-0.15, -0.1) is 0 Å². The van der Waals surface area contributed by atoms with E-state index >= 15 is 0 Å². The van der Waals surface area contributed by atoms with Crippen molar-refractivity contribution < 1.29 is 9.84 Å². The number of hydrogen-bond donors (Lipinski definition) is 2. The Labute approximate surface area is 108 Å². The summed E-state index contributed by atoms with van der Waals surface area (Å²) in [7, 11) is 1.62. The number of anilines is 1. The summed E-state index contributed by atoms with van der Waals surface area (Å²) in [6.07, 6.45) is 8.17. The van der Waals surface area contributed by atoms with Crippen molar-refractivity contribution in [1.29, 1.82) is 0 Å². The molecule has 0 amide bonds. The number of hydrogen-bond acceptors (Lipinski definition) is 4. The molecule has 1 aromatic heterocycles. The molecule has 1 heterocycles. The fraction of sp³-hybridized carbons (Fsp3) is 0.643. The van der Waals surface area contributed by atoms with E-state index in [1.54, 1.807) is 13.3 Å². The fourth-order valence-corrected chi connectivity index (χ4v) is 2.42. The highest BCUT2D eigenvalue weighted by atomic mass is 16.5. The van der Waals surface area contributed by atoms with Gasteiger partial charge in [-0.1, -0.05) is 25.7 Å². The third kappa shape index (κ3) is 3.60. The van der Waals surface area contributed by atoms with Crippen LogP contribution in [-0.2, 0) is 0 Å². The van der Waals surface area contributed by atoms with Crippen LogP contribution < -0.4 is 10.1 Å². The topological polar surface area (TPSA) is 54.4 Å². The van der Waals surface area contributed by atoms with Gasteiger partial charge < -0.3 is 15.2 Å². The summed E-state index contributed by atoms with van der Waals surface area (Å²) in [6, 6.07) is 3.74. The van der Waals surface area contributed by atoms with E-state index in [1.165, 1.54) is 12.8 Å². The number of aliphatic hydroxyl groups is 1. The minimum absolute atomic E-state index is 0.571. The molecule has 1 fully saturated rings. The lowest BCUT2D eigenvalue weighted by atomic mass is 9.94. The van der Waals surface area contributed by atoms with Crippen LogP contribution in [-0.4, -0.2) is 29.3 Å². The first-order chi connectivity index (χ1) is 8.72. The summed E-state index contributed by atoms with van der Waals surface area (Å²) < 4.78 is 5.06. The first-order valence-corrected chi connectivity index (χ1v) is 6.68. The van der Waals surface area contributed by atoms with Crippen molar-refractivity contribution in [3.8, 4) is 5.75 Å². The number of rotatable bonds is 4. The number of aromatic nitrogens is 1. The molecule has 0 unspecified atom stereocenters. The van der Waals surface area contributed by atoms with Gasteiger partial charge in [-0.05, 0) is 25.0 Å². The van der Waals surface area contributed by atoms with Crippen LogP contribution in [0.1, 0.15) is 38.5 Å². The molecule has 1 aromatic rings. The summed E-state index contributed by atoms with van der Waals surface area (Å²) in [4.78, 5) is 4.24. The predicted octanol–water partition coefficient (Wildman–Crippen LogP) is 2.59. The second-order valence-electron chi connectivity index (χ2n) is 5.08. The van der Waals surface area contributed by atoms with Crippen LogP contribution in [0.15, 0.2) is 18.3 Å². The molecule has 0 spiro atoms. The highest BCUT2D eigenvalue weighted by Gasteiger charge is 2.27. The second-order valence-corrected chi connectivity index (χ2v) is 5.08. The van der Waals surface area contributed by atoms with Crippen molar-refractivity contribution >= 4 is 5.82 Å². The van der Waals surface area contributed by atoms with Gasteiger partial charge in [0.15, 0.2) is 0 Å². The van der Waals surface area contributed by atoms with Crippen LogP contribution in [0.2, 0.25) is 0 Å². The Kier molecular flexibility index (Phi) is 4.42. The molecule has 0 saturated heterocycles. The van der Waals surface area contributed by atoms with Crippen LogP contribution in [0.4, 0.5) is 5.82 Å². The Morgan fingerprint density at radius 2 is 2.00 bits per heavy atom. The van der Waals surface area contributed by atoms with E-state index in [0.717, 1.165) is 37.3 Å². The minimum Gasteiger partial charge on any atom is -0.495 e. The predicted molar refractivity (Wildman–Crippen MR) is 71.9 cm³/mol. The third-order valence-electron chi connectivity index (χ3n) is 3.60. The molecule has 4 heteroatoms. The Hall–Kier alpha value is -1.29. The maximum atomic E-state index is 10.5. The van der Waals surface area contributed by atoms with E-state index in [0.29, 0.717) is 6.54 Å². The van der Waals surface area contributed by atoms with E-state index in [1.807, 2.05) is 12.1 Å². The number of ether oxygens (including phenoxy) is 1. The Balaban J connectivity index is 1.88. The second kappa shape index (κ2) is 6.05. The highest BCUT2D eigenvalue weighted by molar-refractivity contribution is 5.37. The van der Waals surface area contributed by atoms with Crippen LogP contribution in [0.25, 0.3) is 0 Å². The first kappa shape index (κ1) is 13.1. The summed E-state index contributed by atoms with van der Waals surface area (Å²) in [5, 5.41) is 13.7. The molecule has 0 atom stereocenters. The molecule has 0 bridgehead atoms. The largest absolute Gasteiger partial charge is 0.495 e. The zero-order chi connectivity index (χ0) is 12.8. The van der Waals surface area contributed by atoms with E-state index < -0.39 is 5.60 Å². The van der Waals surface area contributed by atoms with E-state index in [9.17, 15) is 5.11 Å². The number of nitrogens with one attached hydrogen (secondary N) is 1. The van der Waals surface area contributed by atoms with Gasteiger partial charge in [-0.2, -0.15) is 0 Å². The standard InChI is InChI=1S/C14H22N2O2/c1-18-12-6-7-13(15-10-12)16-11-14(17)8-4-2-3-5-9-14/h6-7,10,17H,2-5,8-9,11H2,1H3,(H,15,16). The van der Waals surface area contributed by atoms with Crippen molar-refractivity contribution in [2.45, 2.75) is 44.1 Å². The zero-order valence-electron chi connectivity index (χ0n) is 11.0. The van der Waals surface area contributed by atoms with Crippen LogP contribution >= 0.6 is 0 Å². The van der Waals surface area contributed by atoms with Gasteiger partial charge >= 0.3 is 0 Å². The molecule has 2 rings (SSSR count). The molecular formula is C14H22N2O2. The first-order valence-electron chi connectivity index (χ1n) is 6.68. The normalized spacial score (nSPS) is 19.0. The SMILES string of the molecule is COc1ccc(NCC2(O)CCCCCC2)nc1. The molecule has 0 radical (unpaired) electrons. The van der Waals surface area contributed by atoms with Gasteiger partial charge in [0.1, 0.15) is 11.6 Å². The summed E-state index contributed by atoms with van der Waals surface area (Å²) in [5.41, 5.74) is -0.571. The highest BCUT2D eigenvalue weighted by Crippen LogP contribution is 2.27. The van der Waals surface area contributed by atoms with Crippen molar-refractivity contribution in [2.75, 3.05) is 19.0 Å². The van der Waals surface area contributed by atoms with Gasteiger partial charge in [0, 0.05) is 6.54 Å². The van der Waals surface area contributed by atoms with Crippen LogP contribution in [0, 0.1) is 0 Å². The van der Waals surface area contributed by atoms with Gasteiger partial charge in [0.2, 0.25) is 0 Å². The Morgan fingerprint density at radius 3 is 2.56 bits per heavy atom. The van der Waals surface area contributed by atoms with Crippen LogP contribution in [0.3, 0.4) is 0 Å². The van der Waals surface area contributed by atoms with Crippen molar-refractivity contribution in [1.82, 2.24) is 4.98 Å². The van der Waals surface area contributed by atoms with Crippen molar-refractivity contribution in [3.05, 3.63) is 18.3 Å². The third-order valence-corrected chi connectivity index (χ3v) is 3.60. The molecular weight excluding hydrogens is 228 g/mol. The quantitative estimate of drug-likeness (QED) is 0.806. The minimum atomic E-state index is -0.571. The molecule has 0 aliphatic heterocycles. The van der Waals surface area contributed by atoms with E-state index in [2.05, 4.69) is 10.3 Å². The fourth-order valence-electron chi connectivity index (χ4n) is 2.42. The maximum Gasteiger partial charge on any atom is 0.137 e. The number of pyridine rings is 1. The lowest BCUT2D eigenvalue weighted by Gasteiger charge is -2.27. The van der Waals surface area contributed by atoms with Gasteiger partial charge in [-0.25, -0.2) is 4.98 Å². The van der Waals surface area contributed by atoms with E-state index in [-0.39, 0.29) is 0 Å². The summed E-state index contributed by atoms with van der Waals surface area (Å²) in [5.74, 6) is 1.53. The summed E-state index contributed by atoms with van der Waals surface area (Å²) >= 11 is 0. The van der Waals surface area contributed by atoms with Crippen molar-refractivity contribution in [3.63, 3.8) is 0 Å². The molecule has 1 saturated carbocycles. The molecule has 0 aromatic carbocycles. The Bertz CT molecular complexity index is 357. The summed E-state index contributed by atoms with van der Waals surface area (Å²) in [6.45, 7) is 0.576. The number of nitrogens with zero attached hydrogens (tertiary/aromatic N) is 1. The Morgan fingerprint density at radius 1 is 1.28 bits per heavy atom. The van der Waals surface area contributed by atoms with Gasteiger partial charge in [-0.3, -0.25) is 0 Å². The molecule has 4 nitrogen and oxygen atoms in total. The monoisotopic (exact) mass is 250 g/mol. The molecule has 18 heavy (non-hydrogen) atoms. The molecule has 100 valence electrons. The number of methoxy groups -OCH3 is 1. The molecule has 1 aliphatic rings. The van der Waals surface area contributed by atoms with Gasteiger partial charge in [0.05, 0.1) is 18.9 Å². The lowest BCUT2D eigenvalue weighted by molar-refractivity contribution is 0.0380. The maximum absolute atomic E-state index is 10.5. The smallest absolute Gasteiger partial charge is 0.137 e. The molecule has 1 aliphatic carbocycles. The van der Waals surface area contributed by atoms with Crippen LogP contribution in [0.5, 0.6) is 5.75 Å². The van der Waals surface area contributed by atoms with Gasteiger partial charge in [0.25, 0.3) is 0 Å². The van der Waals surface area contributed by atoms with Crippen molar-refractivity contribution in [2.24, 2.45) is 0 Å². The zero-order valence-corrected chi connectivity index (χ0v) is 11.0. The van der Waals surface area contributed by atoms with E-state index in [4.69, 9.17) is 4.74 Å². The average Bonchev–Trinajstić information content (AvgIpc) is 2.62. The average molecular weight is 250 g/mol. The molecule has 2 N–H and O–H groups in total.